The maximum absolute atomic E-state index is 11.1. The van der Waals surface area contributed by atoms with Crippen LogP contribution in [0.25, 0.3) is 0 Å². The quantitative estimate of drug-likeness (QED) is 0.888. The number of aliphatic imine (C=N–C) groups is 1. The van der Waals surface area contributed by atoms with Crippen LogP contribution in [0.2, 0.25) is 0 Å². The SMILES string of the molecule is CCCOc1cccc(C2CN=C(NC(=O)OC)NC2)c1. The molecule has 0 bridgehead atoms. The van der Waals surface area contributed by atoms with Crippen LogP contribution in [0.5, 0.6) is 5.75 Å². The third-order valence-electron chi connectivity index (χ3n) is 3.19. The fourth-order valence-electron chi connectivity index (χ4n) is 2.07. The summed E-state index contributed by atoms with van der Waals surface area (Å²) >= 11 is 0. The molecule has 2 N–H and O–H groups in total. The molecule has 2 rings (SSSR count). The van der Waals surface area contributed by atoms with E-state index in [0.717, 1.165) is 18.8 Å². The lowest BCUT2D eigenvalue weighted by atomic mass is 9.98. The minimum Gasteiger partial charge on any atom is -0.494 e. The molecule has 0 saturated heterocycles. The van der Waals surface area contributed by atoms with Gasteiger partial charge < -0.3 is 14.8 Å². The zero-order valence-electron chi connectivity index (χ0n) is 12.4. The molecule has 0 saturated carbocycles. The Labute approximate surface area is 124 Å². The van der Waals surface area contributed by atoms with E-state index >= 15 is 0 Å². The summed E-state index contributed by atoms with van der Waals surface area (Å²) in [5.74, 6) is 1.60. The highest BCUT2D eigenvalue weighted by molar-refractivity contribution is 5.94. The summed E-state index contributed by atoms with van der Waals surface area (Å²) in [6.07, 6.45) is 0.469. The van der Waals surface area contributed by atoms with E-state index in [1.807, 2.05) is 12.1 Å². The van der Waals surface area contributed by atoms with E-state index < -0.39 is 6.09 Å². The molecule has 1 aromatic rings. The molecule has 1 aromatic carbocycles. The van der Waals surface area contributed by atoms with Crippen molar-refractivity contribution in [3.63, 3.8) is 0 Å². The van der Waals surface area contributed by atoms with Gasteiger partial charge in [-0.1, -0.05) is 19.1 Å². The van der Waals surface area contributed by atoms with Gasteiger partial charge >= 0.3 is 6.09 Å². The number of alkyl carbamates (subject to hydrolysis) is 1. The summed E-state index contributed by atoms with van der Waals surface area (Å²) in [5.41, 5.74) is 1.18. The second-order valence-electron chi connectivity index (χ2n) is 4.80. The van der Waals surface area contributed by atoms with E-state index in [2.05, 4.69) is 39.4 Å². The average Bonchev–Trinajstić information content (AvgIpc) is 2.53. The molecule has 0 aliphatic carbocycles. The van der Waals surface area contributed by atoms with E-state index in [0.29, 0.717) is 19.0 Å². The first-order valence-corrected chi connectivity index (χ1v) is 7.09. The molecule has 0 spiro atoms. The lowest BCUT2D eigenvalue weighted by Crippen LogP contribution is -2.45. The first kappa shape index (κ1) is 15.2. The monoisotopic (exact) mass is 291 g/mol. The summed E-state index contributed by atoms with van der Waals surface area (Å²) in [4.78, 5) is 15.4. The molecule has 0 radical (unpaired) electrons. The Morgan fingerprint density at radius 1 is 1.52 bits per heavy atom. The van der Waals surface area contributed by atoms with Gasteiger partial charge in [0.2, 0.25) is 5.96 Å². The minimum atomic E-state index is -0.519. The molecule has 0 aromatic heterocycles. The number of carbonyl (C=O) groups excluding carboxylic acids is 1. The van der Waals surface area contributed by atoms with Gasteiger partial charge in [0.25, 0.3) is 0 Å². The molecular formula is C15H21N3O3. The highest BCUT2D eigenvalue weighted by atomic mass is 16.5. The Balaban J connectivity index is 1.96. The van der Waals surface area contributed by atoms with Crippen LogP contribution in [0.3, 0.4) is 0 Å². The fourth-order valence-corrected chi connectivity index (χ4v) is 2.07. The first-order valence-electron chi connectivity index (χ1n) is 7.09. The maximum Gasteiger partial charge on any atom is 0.413 e. The lowest BCUT2D eigenvalue weighted by molar-refractivity contribution is 0.176. The third-order valence-corrected chi connectivity index (χ3v) is 3.19. The van der Waals surface area contributed by atoms with Gasteiger partial charge in [-0.3, -0.25) is 10.3 Å². The first-order chi connectivity index (χ1) is 10.2. The van der Waals surface area contributed by atoms with Crippen LogP contribution >= 0.6 is 0 Å². The number of guanidine groups is 1. The lowest BCUT2D eigenvalue weighted by Gasteiger charge is -2.23. The van der Waals surface area contributed by atoms with Crippen molar-refractivity contribution in [3.05, 3.63) is 29.8 Å². The van der Waals surface area contributed by atoms with Gasteiger partial charge in [0.15, 0.2) is 0 Å². The molecular weight excluding hydrogens is 270 g/mol. The van der Waals surface area contributed by atoms with Crippen LogP contribution in [0.4, 0.5) is 4.79 Å². The highest BCUT2D eigenvalue weighted by Gasteiger charge is 2.18. The predicted molar refractivity (Wildman–Crippen MR) is 80.8 cm³/mol. The largest absolute Gasteiger partial charge is 0.494 e. The number of nitrogens with zero attached hydrogens (tertiary/aromatic N) is 1. The number of hydrogen-bond donors (Lipinski definition) is 2. The van der Waals surface area contributed by atoms with Crippen LogP contribution in [0.15, 0.2) is 29.3 Å². The second kappa shape index (κ2) is 7.52. The number of ether oxygens (including phenoxy) is 2. The smallest absolute Gasteiger partial charge is 0.413 e. The summed E-state index contributed by atoms with van der Waals surface area (Å²) in [7, 11) is 1.32. The number of hydrogen-bond acceptors (Lipinski definition) is 5. The van der Waals surface area contributed by atoms with Crippen LogP contribution < -0.4 is 15.4 Å². The topological polar surface area (TPSA) is 72.0 Å². The van der Waals surface area contributed by atoms with Crippen molar-refractivity contribution >= 4 is 12.1 Å². The Morgan fingerprint density at radius 2 is 2.38 bits per heavy atom. The molecule has 1 aliphatic rings. The van der Waals surface area contributed by atoms with E-state index in [1.165, 1.54) is 12.7 Å². The Kier molecular flexibility index (Phi) is 5.43. The second-order valence-corrected chi connectivity index (χ2v) is 4.80. The Hall–Kier alpha value is -2.24. The van der Waals surface area contributed by atoms with Gasteiger partial charge in [-0.2, -0.15) is 0 Å². The van der Waals surface area contributed by atoms with Gasteiger partial charge in [0, 0.05) is 12.5 Å². The van der Waals surface area contributed by atoms with Gasteiger partial charge in [0.1, 0.15) is 5.75 Å². The van der Waals surface area contributed by atoms with Crippen molar-refractivity contribution in [2.75, 3.05) is 26.8 Å². The number of amides is 1. The van der Waals surface area contributed by atoms with Crippen molar-refractivity contribution in [2.24, 2.45) is 4.99 Å². The van der Waals surface area contributed by atoms with E-state index in [-0.39, 0.29) is 5.92 Å². The van der Waals surface area contributed by atoms with Crippen LogP contribution in [0.1, 0.15) is 24.8 Å². The van der Waals surface area contributed by atoms with Gasteiger partial charge in [0.05, 0.1) is 20.3 Å². The van der Waals surface area contributed by atoms with E-state index in [1.54, 1.807) is 0 Å². The van der Waals surface area contributed by atoms with Gasteiger partial charge in [-0.25, -0.2) is 4.79 Å². The molecule has 1 unspecified atom stereocenters. The van der Waals surface area contributed by atoms with Gasteiger partial charge in [-0.15, -0.1) is 0 Å². The van der Waals surface area contributed by atoms with Crippen molar-refractivity contribution in [3.8, 4) is 5.75 Å². The van der Waals surface area contributed by atoms with E-state index in [4.69, 9.17) is 4.74 Å². The summed E-state index contributed by atoms with van der Waals surface area (Å²) in [5, 5.41) is 5.63. The van der Waals surface area contributed by atoms with Crippen molar-refractivity contribution in [1.29, 1.82) is 0 Å². The van der Waals surface area contributed by atoms with Crippen molar-refractivity contribution in [1.82, 2.24) is 10.6 Å². The summed E-state index contributed by atoms with van der Waals surface area (Å²) < 4.78 is 10.2. The zero-order valence-corrected chi connectivity index (χ0v) is 12.4. The Bertz CT molecular complexity index is 517. The molecule has 1 atom stereocenters. The van der Waals surface area contributed by atoms with Gasteiger partial charge in [-0.05, 0) is 24.1 Å². The zero-order chi connectivity index (χ0) is 15.1. The van der Waals surface area contributed by atoms with Crippen molar-refractivity contribution < 1.29 is 14.3 Å². The van der Waals surface area contributed by atoms with Crippen LogP contribution in [0, 0.1) is 0 Å². The number of methoxy groups -OCH3 is 1. The average molecular weight is 291 g/mol. The fraction of sp³-hybridized carbons (Fsp3) is 0.467. The van der Waals surface area contributed by atoms with Crippen LogP contribution in [-0.4, -0.2) is 38.9 Å². The summed E-state index contributed by atoms with van der Waals surface area (Å²) in [6.45, 7) is 4.13. The standard InChI is InChI=1S/C15H21N3O3/c1-3-7-21-13-6-4-5-11(8-13)12-9-16-14(17-10-12)18-15(19)20-2/h4-6,8,12H,3,7,9-10H2,1-2H3,(H2,16,17,18,19). The molecule has 1 aliphatic heterocycles. The molecule has 114 valence electrons. The molecule has 21 heavy (non-hydrogen) atoms. The van der Waals surface area contributed by atoms with E-state index in [9.17, 15) is 4.79 Å². The normalized spacial score (nSPS) is 17.4. The minimum absolute atomic E-state index is 0.262. The molecule has 1 heterocycles. The number of benzene rings is 1. The van der Waals surface area contributed by atoms with Crippen molar-refractivity contribution in [2.45, 2.75) is 19.3 Å². The highest BCUT2D eigenvalue weighted by Crippen LogP contribution is 2.22. The Morgan fingerprint density at radius 3 is 3.05 bits per heavy atom. The molecule has 0 fully saturated rings. The molecule has 6 nitrogen and oxygen atoms in total. The summed E-state index contributed by atoms with van der Waals surface area (Å²) in [6, 6.07) is 8.07. The number of nitrogens with one attached hydrogen (secondary N) is 2. The molecule has 6 heteroatoms. The number of rotatable bonds is 4. The molecule has 1 amide bonds. The van der Waals surface area contributed by atoms with Crippen LogP contribution in [-0.2, 0) is 4.74 Å². The number of carbonyl (C=O) groups is 1. The predicted octanol–water partition coefficient (Wildman–Crippen LogP) is 1.87. The maximum atomic E-state index is 11.1. The third kappa shape index (κ3) is 4.37.